The predicted molar refractivity (Wildman–Crippen MR) is 96.8 cm³/mol. The number of aromatic nitrogens is 4. The van der Waals surface area contributed by atoms with E-state index in [0.29, 0.717) is 0 Å². The lowest BCUT2D eigenvalue weighted by molar-refractivity contribution is 0.447. The maximum Gasteiger partial charge on any atom is 0.222 e. The Morgan fingerprint density at radius 2 is 2.17 bits per heavy atom. The third-order valence-electron chi connectivity index (χ3n) is 4.42. The molecule has 0 aromatic carbocycles. The highest BCUT2D eigenvalue weighted by Gasteiger charge is 2.29. The van der Waals surface area contributed by atoms with Crippen molar-refractivity contribution in [2.75, 3.05) is 5.32 Å². The highest BCUT2D eigenvalue weighted by atomic mass is 15.4. The molecule has 1 aliphatic heterocycles. The van der Waals surface area contributed by atoms with Gasteiger partial charge in [-0.2, -0.15) is 10.1 Å². The number of fused-ring (bicyclic) bond motifs is 1. The summed E-state index contributed by atoms with van der Waals surface area (Å²) in [7, 11) is 0. The largest absolute Gasteiger partial charge is 0.348 e. The van der Waals surface area contributed by atoms with Crippen molar-refractivity contribution in [2.24, 2.45) is 0 Å². The quantitative estimate of drug-likeness (QED) is 0.848. The van der Waals surface area contributed by atoms with Crippen molar-refractivity contribution in [2.45, 2.75) is 38.8 Å². The van der Waals surface area contributed by atoms with Gasteiger partial charge in [0.25, 0.3) is 0 Å². The minimum Gasteiger partial charge on any atom is -0.348 e. The van der Waals surface area contributed by atoms with Gasteiger partial charge in [0.05, 0.1) is 12.1 Å². The number of nitrogens with one attached hydrogen (secondary N) is 1. The lowest BCUT2D eigenvalue weighted by Crippen LogP contribution is -2.34. The molecule has 2 aromatic rings. The Morgan fingerprint density at radius 3 is 2.88 bits per heavy atom. The van der Waals surface area contributed by atoms with Crippen LogP contribution in [-0.4, -0.2) is 25.8 Å². The molecule has 0 spiro atoms. The number of nitrogens with zero attached hydrogens (tertiary/aromatic N) is 4. The molecule has 24 heavy (non-hydrogen) atoms. The first-order valence-electron chi connectivity index (χ1n) is 8.31. The van der Waals surface area contributed by atoms with Gasteiger partial charge in [-0.3, -0.25) is 4.98 Å². The molecule has 2 aromatic heterocycles. The predicted octanol–water partition coefficient (Wildman–Crippen LogP) is 3.92. The van der Waals surface area contributed by atoms with Gasteiger partial charge in [-0.15, -0.1) is 0 Å². The maximum atomic E-state index is 4.39. The lowest BCUT2D eigenvalue weighted by atomic mass is 9.93. The molecule has 2 unspecified atom stereocenters. The van der Waals surface area contributed by atoms with Gasteiger partial charge in [0, 0.05) is 12.4 Å². The first-order chi connectivity index (χ1) is 11.7. The van der Waals surface area contributed by atoms with Crippen molar-refractivity contribution in [1.82, 2.24) is 19.7 Å². The van der Waals surface area contributed by atoms with Crippen LogP contribution in [0.1, 0.15) is 38.3 Å². The third-order valence-corrected chi connectivity index (χ3v) is 4.42. The van der Waals surface area contributed by atoms with Crippen molar-refractivity contribution in [3.8, 4) is 0 Å². The van der Waals surface area contributed by atoms with Gasteiger partial charge in [0.15, 0.2) is 0 Å². The fourth-order valence-electron chi connectivity index (χ4n) is 2.95. The van der Waals surface area contributed by atoms with Gasteiger partial charge in [-0.25, -0.2) is 4.68 Å². The van der Waals surface area contributed by atoms with E-state index < -0.39 is 0 Å². The molecule has 3 rings (SSSR count). The van der Waals surface area contributed by atoms with Crippen LogP contribution in [0.3, 0.4) is 0 Å². The SMILES string of the molecule is C=C(/C=C\C(=C/C)C1CC(c2ccncc2)n2ncnc2N1)CC. The zero-order valence-electron chi connectivity index (χ0n) is 14.2. The van der Waals surface area contributed by atoms with Crippen LogP contribution in [0.15, 0.2) is 66.8 Å². The van der Waals surface area contributed by atoms with E-state index in [4.69, 9.17) is 0 Å². The molecule has 0 fully saturated rings. The number of hydrogen-bond donors (Lipinski definition) is 1. The van der Waals surface area contributed by atoms with E-state index in [0.717, 1.165) is 24.4 Å². The monoisotopic (exact) mass is 321 g/mol. The van der Waals surface area contributed by atoms with E-state index in [1.54, 1.807) is 6.33 Å². The number of pyridine rings is 1. The Balaban J connectivity index is 1.90. The summed E-state index contributed by atoms with van der Waals surface area (Å²) in [6, 6.07) is 4.42. The average Bonchev–Trinajstić information content (AvgIpc) is 3.10. The molecule has 124 valence electrons. The summed E-state index contributed by atoms with van der Waals surface area (Å²) >= 11 is 0. The summed E-state index contributed by atoms with van der Waals surface area (Å²) in [5, 5.41) is 7.89. The van der Waals surface area contributed by atoms with Crippen molar-refractivity contribution >= 4 is 5.95 Å². The third kappa shape index (κ3) is 3.30. The molecule has 0 bridgehead atoms. The molecule has 5 heteroatoms. The standard InChI is InChI=1S/C19H23N5/c1-4-14(3)6-7-15(5-2)17-12-18(16-8-10-20-11-9-16)24-19(23-17)21-13-22-24/h5-11,13,17-18H,3-4,12H2,1-2H3,(H,21,22,23)/b7-6-,15-5+. The summed E-state index contributed by atoms with van der Waals surface area (Å²) in [6.45, 7) is 8.23. The second kappa shape index (κ2) is 7.25. The fourth-order valence-corrected chi connectivity index (χ4v) is 2.95. The second-order valence-electron chi connectivity index (χ2n) is 5.89. The van der Waals surface area contributed by atoms with E-state index in [-0.39, 0.29) is 12.1 Å². The maximum absolute atomic E-state index is 4.39. The second-order valence-corrected chi connectivity index (χ2v) is 5.89. The molecule has 0 amide bonds. The Labute approximate surface area is 142 Å². The Kier molecular flexibility index (Phi) is 4.89. The highest BCUT2D eigenvalue weighted by Crippen LogP contribution is 2.33. The summed E-state index contributed by atoms with van der Waals surface area (Å²) < 4.78 is 1.95. The van der Waals surface area contributed by atoms with Gasteiger partial charge in [-0.1, -0.05) is 37.3 Å². The topological polar surface area (TPSA) is 55.6 Å². The molecule has 0 radical (unpaired) electrons. The van der Waals surface area contributed by atoms with Gasteiger partial charge in [-0.05, 0) is 43.0 Å². The molecule has 0 saturated carbocycles. The molecule has 5 nitrogen and oxygen atoms in total. The van der Waals surface area contributed by atoms with Crippen LogP contribution in [0.4, 0.5) is 5.95 Å². The molecule has 2 atom stereocenters. The Hall–Kier alpha value is -2.69. The number of anilines is 1. The smallest absolute Gasteiger partial charge is 0.222 e. The van der Waals surface area contributed by atoms with E-state index in [1.165, 1.54) is 11.1 Å². The van der Waals surface area contributed by atoms with E-state index in [2.05, 4.69) is 59.0 Å². The van der Waals surface area contributed by atoms with Crippen molar-refractivity contribution in [1.29, 1.82) is 0 Å². The zero-order chi connectivity index (χ0) is 16.9. The Morgan fingerprint density at radius 1 is 1.38 bits per heavy atom. The molecular formula is C19H23N5. The summed E-state index contributed by atoms with van der Waals surface area (Å²) in [5.41, 5.74) is 3.55. The van der Waals surface area contributed by atoms with Crippen LogP contribution in [0.25, 0.3) is 0 Å². The van der Waals surface area contributed by atoms with Crippen molar-refractivity contribution < 1.29 is 0 Å². The first-order valence-corrected chi connectivity index (χ1v) is 8.31. The van der Waals surface area contributed by atoms with Crippen LogP contribution in [0.2, 0.25) is 0 Å². The van der Waals surface area contributed by atoms with Gasteiger partial charge in [0.1, 0.15) is 6.33 Å². The minimum atomic E-state index is 0.148. The van der Waals surface area contributed by atoms with E-state index in [9.17, 15) is 0 Å². The van der Waals surface area contributed by atoms with Crippen LogP contribution in [-0.2, 0) is 0 Å². The van der Waals surface area contributed by atoms with Gasteiger partial charge in [0.2, 0.25) is 5.95 Å². The average molecular weight is 321 g/mol. The number of rotatable bonds is 5. The van der Waals surface area contributed by atoms with Gasteiger partial charge >= 0.3 is 0 Å². The minimum absolute atomic E-state index is 0.148. The van der Waals surface area contributed by atoms with Crippen molar-refractivity contribution in [3.63, 3.8) is 0 Å². The summed E-state index contributed by atoms with van der Waals surface area (Å²) in [4.78, 5) is 8.49. The summed E-state index contributed by atoms with van der Waals surface area (Å²) in [5.74, 6) is 0.801. The first kappa shape index (κ1) is 16.2. The molecule has 1 N–H and O–H groups in total. The zero-order valence-corrected chi connectivity index (χ0v) is 14.2. The molecule has 0 aliphatic carbocycles. The normalized spacial score (nSPS) is 20.7. The fraction of sp³-hybridized carbons (Fsp3) is 0.316. The van der Waals surface area contributed by atoms with Gasteiger partial charge < -0.3 is 5.32 Å². The van der Waals surface area contributed by atoms with Crippen LogP contribution in [0, 0.1) is 0 Å². The van der Waals surface area contributed by atoms with Crippen molar-refractivity contribution in [3.05, 3.63) is 72.4 Å². The van der Waals surface area contributed by atoms with E-state index >= 15 is 0 Å². The van der Waals surface area contributed by atoms with Crippen LogP contribution < -0.4 is 5.32 Å². The number of hydrogen-bond acceptors (Lipinski definition) is 4. The molecule has 3 heterocycles. The summed E-state index contributed by atoms with van der Waals surface area (Å²) in [6.07, 6.45) is 13.5. The number of allylic oxidation sites excluding steroid dienone is 3. The van der Waals surface area contributed by atoms with E-state index in [1.807, 2.05) is 29.2 Å². The van der Waals surface area contributed by atoms with Crippen LogP contribution in [0.5, 0.6) is 0 Å². The Bertz CT molecular complexity index is 757. The lowest BCUT2D eigenvalue weighted by Gasteiger charge is -2.32. The molecule has 0 saturated heterocycles. The highest BCUT2D eigenvalue weighted by molar-refractivity contribution is 5.41. The molecular weight excluding hydrogens is 298 g/mol. The molecule has 1 aliphatic rings. The van der Waals surface area contributed by atoms with Crippen LogP contribution >= 0.6 is 0 Å².